The van der Waals surface area contributed by atoms with E-state index in [9.17, 15) is 0 Å². The zero-order valence-electron chi connectivity index (χ0n) is 34.8. The minimum Gasteiger partial charge on any atom is -0.457 e. The molecule has 64 heavy (non-hydrogen) atoms. The summed E-state index contributed by atoms with van der Waals surface area (Å²) in [5.74, 6) is 1.60. The smallest absolute Gasteiger partial charge is 0.129 e. The standard InChI is InChI=1S/C60H39N3O/c1-4-15-44(16-5-1)61-55-25-12-10-23-49(55)51-35-40(27-31-57(51)61)42-29-33-59-53(37-42)54-38-43(30-34-60(54)63(59)46-19-14-22-48(39-46)64-47-20-8-3-9-21-47)41-28-32-58-52(36-41)50-24-11-13-26-56(50)62(58)45-17-6-2-7-18-45/h1-39H. The molecule has 0 bridgehead atoms. The number of ether oxygens (including phenoxy) is 1. The monoisotopic (exact) mass is 817 g/mol. The van der Waals surface area contributed by atoms with Crippen LogP contribution in [0.4, 0.5) is 0 Å². The van der Waals surface area contributed by atoms with E-state index >= 15 is 0 Å². The highest BCUT2D eigenvalue weighted by Crippen LogP contribution is 2.41. The van der Waals surface area contributed by atoms with Gasteiger partial charge < -0.3 is 18.4 Å². The van der Waals surface area contributed by atoms with Crippen molar-refractivity contribution >= 4 is 65.4 Å². The van der Waals surface area contributed by atoms with Crippen LogP contribution in [-0.4, -0.2) is 13.7 Å². The van der Waals surface area contributed by atoms with Crippen molar-refractivity contribution in [3.8, 4) is 50.8 Å². The lowest BCUT2D eigenvalue weighted by Gasteiger charge is -2.12. The summed E-state index contributed by atoms with van der Waals surface area (Å²) in [6.07, 6.45) is 0. The number of hydrogen-bond donors (Lipinski definition) is 0. The Kier molecular flexibility index (Phi) is 8.18. The molecule has 0 fully saturated rings. The molecule has 0 N–H and O–H groups in total. The Morgan fingerprint density at radius 2 is 0.547 bits per heavy atom. The molecule has 4 nitrogen and oxygen atoms in total. The topological polar surface area (TPSA) is 24.0 Å². The first-order valence-electron chi connectivity index (χ1n) is 21.8. The Bertz CT molecular complexity index is 3700. The van der Waals surface area contributed by atoms with Gasteiger partial charge in [-0.05, 0) is 131 Å². The van der Waals surface area contributed by atoms with Crippen LogP contribution in [0.15, 0.2) is 237 Å². The first-order valence-corrected chi connectivity index (χ1v) is 21.8. The third-order valence-electron chi connectivity index (χ3n) is 12.9. The molecule has 10 aromatic carbocycles. The number of para-hydroxylation sites is 5. The van der Waals surface area contributed by atoms with Gasteiger partial charge in [0.15, 0.2) is 0 Å². The Labute approximate surface area is 369 Å². The zero-order chi connectivity index (χ0) is 42.1. The van der Waals surface area contributed by atoms with Gasteiger partial charge in [0.2, 0.25) is 0 Å². The Morgan fingerprint density at radius 1 is 0.219 bits per heavy atom. The van der Waals surface area contributed by atoms with Gasteiger partial charge in [-0.2, -0.15) is 0 Å². The molecule has 0 aliphatic rings. The maximum atomic E-state index is 6.37. The van der Waals surface area contributed by atoms with Gasteiger partial charge in [0, 0.05) is 55.4 Å². The average molecular weight is 818 g/mol. The van der Waals surface area contributed by atoms with Gasteiger partial charge in [-0.3, -0.25) is 0 Å². The normalized spacial score (nSPS) is 11.8. The van der Waals surface area contributed by atoms with E-state index in [1.165, 1.54) is 76.6 Å². The fourth-order valence-corrected chi connectivity index (χ4v) is 9.99. The highest BCUT2D eigenvalue weighted by Gasteiger charge is 2.19. The lowest BCUT2D eigenvalue weighted by molar-refractivity contribution is 0.482. The molecule has 13 rings (SSSR count). The molecule has 0 aliphatic carbocycles. The van der Waals surface area contributed by atoms with E-state index in [1.54, 1.807) is 0 Å². The Hall–Kier alpha value is -8.60. The molecule has 3 heterocycles. The number of aromatic nitrogens is 3. The van der Waals surface area contributed by atoms with Gasteiger partial charge in [-0.1, -0.05) is 121 Å². The number of benzene rings is 10. The fourth-order valence-electron chi connectivity index (χ4n) is 9.99. The molecule has 0 spiro atoms. The van der Waals surface area contributed by atoms with Crippen molar-refractivity contribution in [3.63, 3.8) is 0 Å². The fraction of sp³-hybridized carbons (Fsp3) is 0. The van der Waals surface area contributed by atoms with Crippen molar-refractivity contribution < 1.29 is 4.74 Å². The van der Waals surface area contributed by atoms with Crippen LogP contribution in [-0.2, 0) is 0 Å². The average Bonchev–Trinajstić information content (AvgIpc) is 3.99. The summed E-state index contributed by atoms with van der Waals surface area (Å²) in [4.78, 5) is 0. The van der Waals surface area contributed by atoms with Crippen molar-refractivity contribution in [2.75, 3.05) is 0 Å². The molecule has 0 amide bonds. The van der Waals surface area contributed by atoms with E-state index in [1.807, 2.05) is 36.4 Å². The van der Waals surface area contributed by atoms with Crippen LogP contribution in [0.1, 0.15) is 0 Å². The molecule has 0 saturated carbocycles. The van der Waals surface area contributed by atoms with Crippen molar-refractivity contribution in [2.24, 2.45) is 0 Å². The molecule has 4 heteroatoms. The summed E-state index contributed by atoms with van der Waals surface area (Å²) in [6, 6.07) is 84.9. The summed E-state index contributed by atoms with van der Waals surface area (Å²) >= 11 is 0. The largest absolute Gasteiger partial charge is 0.457 e. The summed E-state index contributed by atoms with van der Waals surface area (Å²) in [5.41, 5.74) is 15.1. The predicted molar refractivity (Wildman–Crippen MR) is 267 cm³/mol. The molecule has 0 radical (unpaired) electrons. The summed E-state index contributed by atoms with van der Waals surface area (Å²) in [6.45, 7) is 0. The second-order valence-electron chi connectivity index (χ2n) is 16.6. The lowest BCUT2D eigenvalue weighted by Crippen LogP contribution is -1.95. The third kappa shape index (κ3) is 5.77. The molecule has 13 aromatic rings. The highest BCUT2D eigenvalue weighted by atomic mass is 16.5. The molecule has 300 valence electrons. The summed E-state index contributed by atoms with van der Waals surface area (Å²) in [5, 5.41) is 7.34. The molecule has 0 saturated heterocycles. The first kappa shape index (κ1) is 36.1. The van der Waals surface area contributed by atoms with Crippen LogP contribution in [0.25, 0.3) is 105 Å². The minimum absolute atomic E-state index is 0.790. The number of hydrogen-bond acceptors (Lipinski definition) is 1. The van der Waals surface area contributed by atoms with Gasteiger partial charge in [-0.25, -0.2) is 0 Å². The second kappa shape index (κ2) is 14.5. The summed E-state index contributed by atoms with van der Waals surface area (Å²) in [7, 11) is 0. The van der Waals surface area contributed by atoms with E-state index in [-0.39, 0.29) is 0 Å². The number of fused-ring (bicyclic) bond motifs is 9. The lowest BCUT2D eigenvalue weighted by atomic mass is 9.98. The van der Waals surface area contributed by atoms with Gasteiger partial charge >= 0.3 is 0 Å². The Morgan fingerprint density at radius 3 is 1.00 bits per heavy atom. The van der Waals surface area contributed by atoms with Crippen LogP contribution in [0.2, 0.25) is 0 Å². The molecule has 3 aromatic heterocycles. The number of nitrogens with zero attached hydrogens (tertiary/aromatic N) is 3. The van der Waals surface area contributed by atoms with E-state index in [4.69, 9.17) is 4.74 Å². The summed E-state index contributed by atoms with van der Waals surface area (Å²) < 4.78 is 13.5. The van der Waals surface area contributed by atoms with E-state index in [0.29, 0.717) is 0 Å². The minimum atomic E-state index is 0.790. The maximum absolute atomic E-state index is 6.37. The molecule has 0 atom stereocenters. The van der Waals surface area contributed by atoms with Crippen LogP contribution in [0.3, 0.4) is 0 Å². The third-order valence-corrected chi connectivity index (χ3v) is 12.9. The van der Waals surface area contributed by atoms with E-state index in [2.05, 4.69) is 214 Å². The van der Waals surface area contributed by atoms with E-state index < -0.39 is 0 Å². The van der Waals surface area contributed by atoms with Crippen LogP contribution in [0.5, 0.6) is 11.5 Å². The van der Waals surface area contributed by atoms with Gasteiger partial charge in [0.1, 0.15) is 11.5 Å². The predicted octanol–water partition coefficient (Wildman–Crippen LogP) is 16.1. The zero-order valence-corrected chi connectivity index (χ0v) is 34.8. The molecular formula is C60H39N3O. The van der Waals surface area contributed by atoms with Gasteiger partial charge in [0.05, 0.1) is 33.1 Å². The molecule has 0 aliphatic heterocycles. The highest BCUT2D eigenvalue weighted by molar-refractivity contribution is 6.14. The van der Waals surface area contributed by atoms with Gasteiger partial charge in [-0.15, -0.1) is 0 Å². The van der Waals surface area contributed by atoms with Crippen LogP contribution in [0, 0.1) is 0 Å². The van der Waals surface area contributed by atoms with Gasteiger partial charge in [0.25, 0.3) is 0 Å². The number of rotatable bonds is 7. The molecule has 0 unspecified atom stereocenters. The maximum Gasteiger partial charge on any atom is 0.129 e. The second-order valence-corrected chi connectivity index (χ2v) is 16.6. The first-order chi connectivity index (χ1) is 31.7. The van der Waals surface area contributed by atoms with Crippen molar-refractivity contribution in [3.05, 3.63) is 237 Å². The van der Waals surface area contributed by atoms with E-state index in [0.717, 1.165) is 39.6 Å². The Balaban J connectivity index is 1.00. The quantitative estimate of drug-likeness (QED) is 0.157. The van der Waals surface area contributed by atoms with Crippen LogP contribution >= 0.6 is 0 Å². The van der Waals surface area contributed by atoms with Crippen molar-refractivity contribution in [1.82, 2.24) is 13.7 Å². The SMILES string of the molecule is c1ccc(Oc2cccc(-n3c4ccc(-c5ccc6c(c5)c5ccccc5n6-c5ccccc5)cc4c4cc(-c5ccc6c(c5)c5ccccc5n6-c5ccccc5)ccc43)c2)cc1. The molecular weight excluding hydrogens is 779 g/mol. The van der Waals surface area contributed by atoms with Crippen molar-refractivity contribution in [2.45, 2.75) is 0 Å². The van der Waals surface area contributed by atoms with Crippen molar-refractivity contribution in [1.29, 1.82) is 0 Å². The van der Waals surface area contributed by atoms with Crippen LogP contribution < -0.4 is 4.74 Å².